The molecule has 0 unspecified atom stereocenters. The third-order valence-corrected chi connectivity index (χ3v) is 6.88. The van der Waals surface area contributed by atoms with Gasteiger partial charge in [-0.1, -0.05) is 13.0 Å². The number of aryl methyl sites for hydroxylation is 1. The number of piperidine rings is 1. The van der Waals surface area contributed by atoms with Crippen molar-refractivity contribution in [1.29, 1.82) is 0 Å². The van der Waals surface area contributed by atoms with Crippen molar-refractivity contribution >= 4 is 17.3 Å². The predicted molar refractivity (Wildman–Crippen MR) is 148 cm³/mol. The average Bonchev–Trinajstić information content (AvgIpc) is 3.36. The van der Waals surface area contributed by atoms with E-state index in [1.165, 1.54) is 6.42 Å². The van der Waals surface area contributed by atoms with Crippen LogP contribution in [0, 0.1) is 0 Å². The minimum absolute atomic E-state index is 0.188. The molecule has 1 aliphatic rings. The number of hydrogen-bond donors (Lipinski definition) is 2. The second-order valence-electron chi connectivity index (χ2n) is 9.45. The number of pyridine rings is 1. The molecule has 0 bridgehead atoms. The molecule has 0 spiro atoms. The third kappa shape index (κ3) is 7.12. The van der Waals surface area contributed by atoms with Crippen LogP contribution in [0.5, 0.6) is 5.88 Å². The molecule has 1 aliphatic heterocycles. The highest BCUT2D eigenvalue weighted by atomic mass is 16.7. The Balaban J connectivity index is 1.43. The van der Waals surface area contributed by atoms with Crippen LogP contribution >= 0.6 is 0 Å². The summed E-state index contributed by atoms with van der Waals surface area (Å²) in [5.74, 6) is 2.40. The molecule has 208 valence electrons. The molecule has 0 aliphatic carbocycles. The highest BCUT2D eigenvalue weighted by Crippen LogP contribution is 2.29. The molecule has 3 aromatic heterocycles. The number of ether oxygens (including phenoxy) is 3. The maximum atomic E-state index is 9.60. The molecular formula is C28H42N6O4. The number of rotatable bonds is 15. The van der Waals surface area contributed by atoms with Gasteiger partial charge in [0.25, 0.3) is 0 Å². The van der Waals surface area contributed by atoms with Gasteiger partial charge in [-0.05, 0) is 51.5 Å². The monoisotopic (exact) mass is 526 g/mol. The van der Waals surface area contributed by atoms with Gasteiger partial charge in [-0.15, -0.1) is 0 Å². The van der Waals surface area contributed by atoms with E-state index >= 15 is 0 Å². The number of anilines is 2. The van der Waals surface area contributed by atoms with E-state index < -0.39 is 0 Å². The van der Waals surface area contributed by atoms with E-state index in [0.29, 0.717) is 44.7 Å². The van der Waals surface area contributed by atoms with Crippen molar-refractivity contribution < 1.29 is 19.3 Å². The highest BCUT2D eigenvalue weighted by molar-refractivity contribution is 5.61. The summed E-state index contributed by atoms with van der Waals surface area (Å²) in [6.07, 6.45) is 9.13. The lowest BCUT2D eigenvalue weighted by atomic mass is 9.99. The van der Waals surface area contributed by atoms with Gasteiger partial charge in [0, 0.05) is 69.3 Å². The lowest BCUT2D eigenvalue weighted by molar-refractivity contribution is -0.142. The van der Waals surface area contributed by atoms with E-state index in [1.54, 1.807) is 0 Å². The zero-order valence-electron chi connectivity index (χ0n) is 22.9. The second-order valence-corrected chi connectivity index (χ2v) is 9.45. The first kappa shape index (κ1) is 28.1. The number of aliphatic hydroxyl groups is 1. The van der Waals surface area contributed by atoms with Crippen LogP contribution in [-0.4, -0.2) is 70.0 Å². The molecule has 4 rings (SSSR count). The number of nitrogens with one attached hydrogen (secondary N) is 1. The molecule has 1 fully saturated rings. The summed E-state index contributed by atoms with van der Waals surface area (Å²) < 4.78 is 18.8. The minimum Gasteiger partial charge on any atom is -0.477 e. The molecule has 2 N–H and O–H groups in total. The van der Waals surface area contributed by atoms with Crippen LogP contribution in [0.25, 0.3) is 5.65 Å². The van der Waals surface area contributed by atoms with E-state index in [4.69, 9.17) is 19.2 Å². The Morgan fingerprint density at radius 1 is 1.13 bits per heavy atom. The van der Waals surface area contributed by atoms with Crippen LogP contribution in [0.4, 0.5) is 11.6 Å². The van der Waals surface area contributed by atoms with E-state index in [1.807, 2.05) is 42.9 Å². The van der Waals surface area contributed by atoms with Gasteiger partial charge in [-0.3, -0.25) is 0 Å². The van der Waals surface area contributed by atoms with Crippen LogP contribution < -0.4 is 15.0 Å². The Hall–Kier alpha value is -2.95. The number of nitrogens with zero attached hydrogens (tertiary/aromatic N) is 5. The van der Waals surface area contributed by atoms with Crippen LogP contribution in [0.1, 0.15) is 64.0 Å². The molecule has 3 aromatic rings. The maximum absolute atomic E-state index is 9.60. The van der Waals surface area contributed by atoms with E-state index in [9.17, 15) is 5.11 Å². The zero-order valence-corrected chi connectivity index (χ0v) is 22.9. The van der Waals surface area contributed by atoms with Crippen molar-refractivity contribution in [2.45, 2.75) is 78.2 Å². The number of aliphatic hydroxyl groups excluding tert-OH is 1. The molecular weight excluding hydrogens is 484 g/mol. The summed E-state index contributed by atoms with van der Waals surface area (Å²) in [5, 5.41) is 17.8. The smallest absolute Gasteiger partial charge is 0.213 e. The quantitative estimate of drug-likeness (QED) is 0.282. The molecule has 0 amide bonds. The van der Waals surface area contributed by atoms with Gasteiger partial charge in [-0.2, -0.15) is 9.61 Å². The number of hydrogen-bond acceptors (Lipinski definition) is 9. The van der Waals surface area contributed by atoms with Crippen molar-refractivity contribution in [3.63, 3.8) is 0 Å². The fraction of sp³-hybridized carbons (Fsp3) is 0.607. The standard InChI is InChI=1S/C28H42N6O4/c1-4-22-20-31-34-24(17-25(32-28(22)34)33-14-8-7-9-23(33)12-15-35)29-18-21-10-11-26(30-19-21)38-16-13-27(36-5-2)37-6-3/h10-11,17,19-20,23,27,29,35H,4-9,12-16,18H2,1-3H3/t23-/m0/s1. The Morgan fingerprint density at radius 2 is 1.97 bits per heavy atom. The van der Waals surface area contributed by atoms with Crippen molar-refractivity contribution in [2.75, 3.05) is 43.2 Å². The molecule has 4 heterocycles. The molecule has 0 saturated carbocycles. The Labute approximate surface area is 225 Å². The van der Waals surface area contributed by atoms with Gasteiger partial charge in [0.15, 0.2) is 11.9 Å². The van der Waals surface area contributed by atoms with Gasteiger partial charge < -0.3 is 29.5 Å². The van der Waals surface area contributed by atoms with Crippen molar-refractivity contribution in [1.82, 2.24) is 19.6 Å². The summed E-state index contributed by atoms with van der Waals surface area (Å²) >= 11 is 0. The molecule has 1 saturated heterocycles. The first-order valence-electron chi connectivity index (χ1n) is 14.0. The first-order valence-corrected chi connectivity index (χ1v) is 14.0. The van der Waals surface area contributed by atoms with Gasteiger partial charge in [0.1, 0.15) is 11.6 Å². The molecule has 10 heteroatoms. The largest absolute Gasteiger partial charge is 0.477 e. The fourth-order valence-electron chi connectivity index (χ4n) is 4.91. The van der Waals surface area contributed by atoms with Gasteiger partial charge >= 0.3 is 0 Å². The molecule has 38 heavy (non-hydrogen) atoms. The van der Waals surface area contributed by atoms with Gasteiger partial charge in [-0.25, -0.2) is 9.97 Å². The molecule has 1 atom stereocenters. The maximum Gasteiger partial charge on any atom is 0.213 e. The van der Waals surface area contributed by atoms with Crippen LogP contribution in [-0.2, 0) is 22.4 Å². The van der Waals surface area contributed by atoms with Crippen molar-refractivity contribution in [3.05, 3.63) is 41.7 Å². The van der Waals surface area contributed by atoms with E-state index in [-0.39, 0.29) is 12.9 Å². The highest BCUT2D eigenvalue weighted by Gasteiger charge is 2.25. The minimum atomic E-state index is -0.255. The van der Waals surface area contributed by atoms with Crippen LogP contribution in [0.3, 0.4) is 0 Å². The Bertz CT molecular complexity index is 1110. The Morgan fingerprint density at radius 3 is 2.68 bits per heavy atom. The lowest BCUT2D eigenvalue weighted by Gasteiger charge is -2.36. The number of fused-ring (bicyclic) bond motifs is 1. The van der Waals surface area contributed by atoms with Crippen LogP contribution in [0.15, 0.2) is 30.6 Å². The second kappa shape index (κ2) is 14.3. The number of aromatic nitrogens is 4. The van der Waals surface area contributed by atoms with E-state index in [0.717, 1.165) is 60.6 Å². The SMILES string of the molecule is CCOC(CCOc1ccc(CNc2cc(N3CCCC[C@H]3CCO)nc3c(CC)cnn23)cn1)OCC. The summed E-state index contributed by atoms with van der Waals surface area (Å²) in [4.78, 5) is 11.8. The summed E-state index contributed by atoms with van der Waals surface area (Å²) in [5.41, 5.74) is 3.02. The predicted octanol–water partition coefficient (Wildman–Crippen LogP) is 4.21. The van der Waals surface area contributed by atoms with Gasteiger partial charge in [0.05, 0.1) is 12.8 Å². The molecule has 10 nitrogen and oxygen atoms in total. The lowest BCUT2D eigenvalue weighted by Crippen LogP contribution is -2.40. The molecule has 0 radical (unpaired) electrons. The Kier molecular flexibility index (Phi) is 10.5. The topological polar surface area (TPSA) is 106 Å². The zero-order chi connectivity index (χ0) is 26.7. The first-order chi connectivity index (χ1) is 18.7. The van der Waals surface area contributed by atoms with Crippen molar-refractivity contribution in [2.24, 2.45) is 0 Å². The average molecular weight is 527 g/mol. The summed E-state index contributed by atoms with van der Waals surface area (Å²) in [6, 6.07) is 6.28. The third-order valence-electron chi connectivity index (χ3n) is 6.88. The summed E-state index contributed by atoms with van der Waals surface area (Å²) in [6.45, 7) is 9.44. The normalized spacial score (nSPS) is 15.9. The van der Waals surface area contributed by atoms with E-state index in [2.05, 4.69) is 33.3 Å². The van der Waals surface area contributed by atoms with Gasteiger partial charge in [0.2, 0.25) is 5.88 Å². The molecule has 0 aromatic carbocycles. The summed E-state index contributed by atoms with van der Waals surface area (Å²) in [7, 11) is 0. The van der Waals surface area contributed by atoms with Crippen LogP contribution in [0.2, 0.25) is 0 Å². The van der Waals surface area contributed by atoms with Crippen molar-refractivity contribution in [3.8, 4) is 5.88 Å². The fourth-order valence-corrected chi connectivity index (χ4v) is 4.91.